The quantitative estimate of drug-likeness (QED) is 0.713. The van der Waals surface area contributed by atoms with Crippen molar-refractivity contribution in [2.24, 2.45) is 0 Å². The van der Waals surface area contributed by atoms with Gasteiger partial charge in [0.05, 0.1) is 30.0 Å². The van der Waals surface area contributed by atoms with E-state index in [4.69, 9.17) is 4.98 Å². The number of benzene rings is 1. The Labute approximate surface area is 151 Å². The zero-order chi connectivity index (χ0) is 18.7. The summed E-state index contributed by atoms with van der Waals surface area (Å²) in [5, 5.41) is 7.59. The zero-order valence-electron chi connectivity index (χ0n) is 14.9. The maximum atomic E-state index is 12.7. The maximum Gasteiger partial charge on any atom is 0.325 e. The SMILES string of the molecule is COC(=O)CNC(=O)c1cc(-c2ccccc2)nc2c1cnn2C(C)C. The molecular weight excluding hydrogens is 332 g/mol. The molecule has 134 valence electrons. The van der Waals surface area contributed by atoms with Gasteiger partial charge in [0.25, 0.3) is 5.91 Å². The molecule has 1 amide bonds. The minimum Gasteiger partial charge on any atom is -0.468 e. The molecule has 0 saturated carbocycles. The van der Waals surface area contributed by atoms with Gasteiger partial charge >= 0.3 is 5.97 Å². The molecule has 0 atom stereocenters. The lowest BCUT2D eigenvalue weighted by molar-refractivity contribution is -0.139. The van der Waals surface area contributed by atoms with E-state index in [1.165, 1.54) is 7.11 Å². The molecule has 0 spiro atoms. The fourth-order valence-corrected chi connectivity index (χ4v) is 2.66. The number of rotatable bonds is 5. The van der Waals surface area contributed by atoms with Gasteiger partial charge in [-0.2, -0.15) is 5.10 Å². The Bertz CT molecular complexity index is 948. The molecule has 7 nitrogen and oxygen atoms in total. The van der Waals surface area contributed by atoms with Gasteiger partial charge in [-0.25, -0.2) is 9.67 Å². The average Bonchev–Trinajstić information content (AvgIpc) is 3.10. The number of nitrogens with zero attached hydrogens (tertiary/aromatic N) is 3. The highest BCUT2D eigenvalue weighted by molar-refractivity contribution is 6.07. The Morgan fingerprint density at radius 1 is 1.23 bits per heavy atom. The molecule has 1 aromatic carbocycles. The monoisotopic (exact) mass is 352 g/mol. The highest BCUT2D eigenvalue weighted by Crippen LogP contribution is 2.26. The number of amides is 1. The van der Waals surface area contributed by atoms with E-state index >= 15 is 0 Å². The predicted octanol–water partition coefficient (Wildman–Crippen LogP) is 2.58. The number of carbonyl (C=O) groups is 2. The van der Waals surface area contributed by atoms with Gasteiger partial charge in [-0.1, -0.05) is 30.3 Å². The van der Waals surface area contributed by atoms with Crippen LogP contribution in [0.5, 0.6) is 0 Å². The number of pyridine rings is 1. The first-order valence-electron chi connectivity index (χ1n) is 8.30. The number of esters is 1. The van der Waals surface area contributed by atoms with E-state index in [9.17, 15) is 9.59 Å². The highest BCUT2D eigenvalue weighted by atomic mass is 16.5. The second-order valence-corrected chi connectivity index (χ2v) is 6.10. The Hall–Kier alpha value is -3.22. The summed E-state index contributed by atoms with van der Waals surface area (Å²) < 4.78 is 6.35. The van der Waals surface area contributed by atoms with Crippen LogP contribution in [0.4, 0.5) is 0 Å². The van der Waals surface area contributed by atoms with Crippen LogP contribution in [0.2, 0.25) is 0 Å². The molecule has 0 unspecified atom stereocenters. The van der Waals surface area contributed by atoms with Crippen LogP contribution in [-0.4, -0.2) is 40.3 Å². The molecule has 0 bridgehead atoms. The molecule has 7 heteroatoms. The number of hydrogen-bond acceptors (Lipinski definition) is 5. The Kier molecular flexibility index (Phi) is 4.97. The van der Waals surface area contributed by atoms with Gasteiger partial charge in [0.15, 0.2) is 5.65 Å². The molecule has 0 aliphatic rings. The lowest BCUT2D eigenvalue weighted by atomic mass is 10.1. The number of nitrogens with one attached hydrogen (secondary N) is 1. The standard InChI is InChI=1S/C19H20N4O3/c1-12(2)23-18-15(10-21-23)14(19(25)20-11-17(24)26-3)9-16(22-18)13-7-5-4-6-8-13/h4-10,12H,11H2,1-3H3,(H,20,25). The van der Waals surface area contributed by atoms with Gasteiger partial charge in [0.1, 0.15) is 6.54 Å². The van der Waals surface area contributed by atoms with E-state index in [1.807, 2.05) is 44.2 Å². The van der Waals surface area contributed by atoms with Crippen molar-refractivity contribution < 1.29 is 14.3 Å². The summed E-state index contributed by atoms with van der Waals surface area (Å²) in [4.78, 5) is 28.7. The average molecular weight is 352 g/mol. The van der Waals surface area contributed by atoms with Gasteiger partial charge in [-0.15, -0.1) is 0 Å². The molecule has 0 saturated heterocycles. The molecule has 0 radical (unpaired) electrons. The summed E-state index contributed by atoms with van der Waals surface area (Å²) in [5.74, 6) is -0.881. The van der Waals surface area contributed by atoms with Crippen molar-refractivity contribution in [1.29, 1.82) is 0 Å². The largest absolute Gasteiger partial charge is 0.468 e. The molecule has 2 aromatic heterocycles. The Balaban J connectivity index is 2.11. The van der Waals surface area contributed by atoms with Crippen molar-refractivity contribution in [3.8, 4) is 11.3 Å². The van der Waals surface area contributed by atoms with Crippen molar-refractivity contribution >= 4 is 22.9 Å². The van der Waals surface area contributed by atoms with Gasteiger partial charge in [-0.3, -0.25) is 9.59 Å². The summed E-state index contributed by atoms with van der Waals surface area (Å²) in [7, 11) is 1.28. The van der Waals surface area contributed by atoms with E-state index in [-0.39, 0.29) is 18.5 Å². The van der Waals surface area contributed by atoms with Crippen molar-refractivity contribution in [3.63, 3.8) is 0 Å². The molecule has 3 rings (SSSR count). The van der Waals surface area contributed by atoms with Gasteiger partial charge < -0.3 is 10.1 Å². The fraction of sp³-hybridized carbons (Fsp3) is 0.263. The van der Waals surface area contributed by atoms with Crippen LogP contribution in [0, 0.1) is 0 Å². The number of aromatic nitrogens is 3. The van der Waals surface area contributed by atoms with Crippen molar-refractivity contribution in [1.82, 2.24) is 20.1 Å². The molecule has 1 N–H and O–H groups in total. The number of fused-ring (bicyclic) bond motifs is 1. The van der Waals surface area contributed by atoms with Crippen LogP contribution >= 0.6 is 0 Å². The summed E-state index contributed by atoms with van der Waals surface area (Å²) in [6.07, 6.45) is 1.63. The minimum atomic E-state index is -0.509. The van der Waals surface area contributed by atoms with E-state index in [0.29, 0.717) is 22.3 Å². The number of carbonyl (C=O) groups excluding carboxylic acids is 2. The number of methoxy groups -OCH3 is 1. The minimum absolute atomic E-state index is 0.0944. The second-order valence-electron chi connectivity index (χ2n) is 6.10. The first-order chi connectivity index (χ1) is 12.5. The number of hydrogen-bond donors (Lipinski definition) is 1. The van der Waals surface area contributed by atoms with Crippen LogP contribution in [0.15, 0.2) is 42.6 Å². The topological polar surface area (TPSA) is 86.1 Å². The summed E-state index contributed by atoms with van der Waals surface area (Å²) in [6, 6.07) is 11.4. The molecular formula is C19H20N4O3. The third-order valence-electron chi connectivity index (χ3n) is 3.99. The summed E-state index contributed by atoms with van der Waals surface area (Å²) in [6.45, 7) is 3.80. The predicted molar refractivity (Wildman–Crippen MR) is 97.7 cm³/mol. The van der Waals surface area contributed by atoms with Crippen molar-refractivity contribution in [2.45, 2.75) is 19.9 Å². The first-order valence-corrected chi connectivity index (χ1v) is 8.30. The molecule has 0 fully saturated rings. The van der Waals surface area contributed by atoms with E-state index in [2.05, 4.69) is 15.2 Å². The van der Waals surface area contributed by atoms with Gasteiger partial charge in [-0.05, 0) is 19.9 Å². The smallest absolute Gasteiger partial charge is 0.325 e. The maximum absolute atomic E-state index is 12.7. The second kappa shape index (κ2) is 7.35. The Morgan fingerprint density at radius 3 is 2.62 bits per heavy atom. The van der Waals surface area contributed by atoms with Gasteiger partial charge in [0.2, 0.25) is 0 Å². The van der Waals surface area contributed by atoms with E-state index < -0.39 is 5.97 Å². The molecule has 2 heterocycles. The lowest BCUT2D eigenvalue weighted by Gasteiger charge is -2.11. The van der Waals surface area contributed by atoms with Crippen LogP contribution in [-0.2, 0) is 9.53 Å². The van der Waals surface area contributed by atoms with E-state index in [0.717, 1.165) is 5.56 Å². The van der Waals surface area contributed by atoms with Crippen LogP contribution in [0.3, 0.4) is 0 Å². The zero-order valence-corrected chi connectivity index (χ0v) is 14.9. The molecule has 0 aliphatic carbocycles. The van der Waals surface area contributed by atoms with Gasteiger partial charge in [0, 0.05) is 11.6 Å². The van der Waals surface area contributed by atoms with Crippen LogP contribution in [0.1, 0.15) is 30.2 Å². The van der Waals surface area contributed by atoms with Crippen molar-refractivity contribution in [2.75, 3.05) is 13.7 Å². The van der Waals surface area contributed by atoms with Crippen molar-refractivity contribution in [3.05, 3.63) is 48.2 Å². The van der Waals surface area contributed by atoms with Crippen LogP contribution in [0.25, 0.3) is 22.3 Å². The number of ether oxygens (including phenoxy) is 1. The van der Waals surface area contributed by atoms with Crippen LogP contribution < -0.4 is 5.32 Å². The molecule has 26 heavy (non-hydrogen) atoms. The Morgan fingerprint density at radius 2 is 1.96 bits per heavy atom. The highest BCUT2D eigenvalue weighted by Gasteiger charge is 2.19. The third-order valence-corrected chi connectivity index (χ3v) is 3.99. The molecule has 0 aliphatic heterocycles. The summed E-state index contributed by atoms with van der Waals surface area (Å²) in [5.41, 5.74) is 2.62. The fourth-order valence-electron chi connectivity index (χ4n) is 2.66. The lowest BCUT2D eigenvalue weighted by Crippen LogP contribution is -2.30. The summed E-state index contributed by atoms with van der Waals surface area (Å²) >= 11 is 0. The molecule has 3 aromatic rings. The first kappa shape index (κ1) is 17.6. The normalized spacial score (nSPS) is 10.9. The van der Waals surface area contributed by atoms with E-state index in [1.54, 1.807) is 16.9 Å². The third kappa shape index (κ3) is 3.42.